The number of benzene rings is 3. The fourth-order valence-electron chi connectivity index (χ4n) is 3.39. The van der Waals surface area contributed by atoms with Crippen molar-refractivity contribution in [2.24, 2.45) is 4.02 Å². The summed E-state index contributed by atoms with van der Waals surface area (Å²) in [5.74, 6) is -0.227. The zero-order valence-corrected chi connectivity index (χ0v) is 17.5. The topological polar surface area (TPSA) is 46.5 Å². The van der Waals surface area contributed by atoms with Crippen molar-refractivity contribution in [3.8, 4) is 0 Å². The molecule has 0 N–H and O–H groups in total. The number of hydrogen-bond acceptors (Lipinski definition) is 3. The van der Waals surface area contributed by atoms with E-state index in [-0.39, 0.29) is 11.6 Å². The van der Waals surface area contributed by atoms with Gasteiger partial charge in [-0.05, 0) is 71.3 Å². The van der Waals surface area contributed by atoms with E-state index in [4.69, 9.17) is 0 Å². The first-order valence-electron chi connectivity index (χ1n) is 8.28. The first kappa shape index (κ1) is 18.0. The van der Waals surface area contributed by atoms with E-state index in [2.05, 4.69) is 36.1 Å². The molecule has 0 radical (unpaired) electrons. The van der Waals surface area contributed by atoms with Crippen molar-refractivity contribution in [2.45, 2.75) is 6.92 Å². The molecule has 0 saturated heterocycles. The number of carbonyl (C=O) groups is 2. The normalized spacial score (nSPS) is 13.6. The molecule has 1 aliphatic carbocycles. The van der Waals surface area contributed by atoms with Gasteiger partial charge in [0.1, 0.15) is 0 Å². The van der Waals surface area contributed by atoms with Crippen LogP contribution in [0, 0.1) is 6.92 Å². The Labute approximate surface area is 173 Å². The molecule has 0 saturated carbocycles. The summed E-state index contributed by atoms with van der Waals surface area (Å²) in [5.41, 5.74) is 3.66. The first-order chi connectivity index (χ1) is 13.0. The Morgan fingerprint density at radius 1 is 0.852 bits per heavy atom. The van der Waals surface area contributed by atoms with E-state index in [0.717, 1.165) is 26.4 Å². The molecule has 0 unspecified atom stereocenters. The summed E-state index contributed by atoms with van der Waals surface area (Å²) >= 11 is 6.43. The molecule has 0 bridgehead atoms. The summed E-state index contributed by atoms with van der Waals surface area (Å²) < 4.78 is 4.67. The van der Waals surface area contributed by atoms with Gasteiger partial charge in [0.15, 0.2) is 11.6 Å². The highest BCUT2D eigenvalue weighted by molar-refractivity contribution is 9.10. The average molecular weight is 483 g/mol. The van der Waals surface area contributed by atoms with Gasteiger partial charge >= 0.3 is 0 Å². The van der Waals surface area contributed by atoms with E-state index >= 15 is 0 Å². The van der Waals surface area contributed by atoms with E-state index in [1.165, 1.54) is 0 Å². The van der Waals surface area contributed by atoms with Gasteiger partial charge in [-0.15, -0.1) is 0 Å². The number of carbonyl (C=O) groups excluding carboxylic acids is 2. The average Bonchev–Trinajstić information content (AvgIpc) is 2.66. The summed E-state index contributed by atoms with van der Waals surface area (Å²) in [5, 5.41) is 1.86. The molecule has 0 atom stereocenters. The Hall–Kier alpha value is -2.37. The van der Waals surface area contributed by atoms with Crippen LogP contribution in [0.4, 0.5) is 0 Å². The summed E-state index contributed by atoms with van der Waals surface area (Å²) in [4.78, 5) is 26.2. The lowest BCUT2D eigenvalue weighted by Crippen LogP contribution is -2.21. The molecule has 5 heteroatoms. The van der Waals surface area contributed by atoms with Gasteiger partial charge in [-0.1, -0.05) is 28.1 Å². The summed E-state index contributed by atoms with van der Waals surface area (Å²) in [6.45, 7) is 1.93. The second-order valence-corrected chi connectivity index (χ2v) is 7.73. The van der Waals surface area contributed by atoms with Gasteiger partial charge in [-0.3, -0.25) is 9.59 Å². The van der Waals surface area contributed by atoms with E-state index in [1.54, 1.807) is 24.4 Å². The van der Waals surface area contributed by atoms with Crippen molar-refractivity contribution in [1.82, 2.24) is 0 Å². The van der Waals surface area contributed by atoms with Crippen molar-refractivity contribution in [2.75, 3.05) is 0 Å². The second-order valence-electron chi connectivity index (χ2n) is 6.41. The third-order valence-corrected chi connectivity index (χ3v) is 5.47. The molecule has 1 aliphatic rings. The van der Waals surface area contributed by atoms with Crippen LogP contribution in [0.15, 0.2) is 57.0 Å². The SMILES string of the molecule is Cc1cc2c(cc1/C=C\C=NBr)C(=O)c1cc3cc(Br)ccc3cc1C2=O. The van der Waals surface area contributed by atoms with Gasteiger partial charge in [-0.25, -0.2) is 4.02 Å². The molecule has 0 aromatic heterocycles. The van der Waals surface area contributed by atoms with Crippen molar-refractivity contribution < 1.29 is 9.59 Å². The number of nitrogens with zero attached hydrogens (tertiary/aromatic N) is 1. The minimum Gasteiger partial charge on any atom is -0.289 e. The maximum absolute atomic E-state index is 13.2. The van der Waals surface area contributed by atoms with Crippen LogP contribution < -0.4 is 0 Å². The number of fused-ring (bicyclic) bond motifs is 3. The zero-order chi connectivity index (χ0) is 19.1. The molecule has 3 aromatic carbocycles. The highest BCUT2D eigenvalue weighted by atomic mass is 79.9. The Balaban J connectivity index is 1.91. The lowest BCUT2D eigenvalue weighted by atomic mass is 9.81. The second kappa shape index (κ2) is 6.98. The van der Waals surface area contributed by atoms with Crippen LogP contribution in [0.2, 0.25) is 0 Å². The number of ketones is 2. The first-order valence-corrected chi connectivity index (χ1v) is 9.78. The minimum atomic E-state index is -0.120. The molecule has 0 aliphatic heterocycles. The fourth-order valence-corrected chi connectivity index (χ4v) is 3.91. The van der Waals surface area contributed by atoms with E-state index in [0.29, 0.717) is 22.3 Å². The highest BCUT2D eigenvalue weighted by Crippen LogP contribution is 2.33. The Bertz CT molecular complexity index is 1190. The smallest absolute Gasteiger partial charge is 0.194 e. The molecule has 0 amide bonds. The van der Waals surface area contributed by atoms with Gasteiger partial charge in [0.05, 0.1) is 16.1 Å². The van der Waals surface area contributed by atoms with Crippen LogP contribution in [0.25, 0.3) is 16.8 Å². The number of allylic oxidation sites excluding steroid dienone is 1. The van der Waals surface area contributed by atoms with Crippen LogP contribution in [-0.2, 0) is 0 Å². The van der Waals surface area contributed by atoms with Gasteiger partial charge in [0.25, 0.3) is 0 Å². The van der Waals surface area contributed by atoms with Crippen molar-refractivity contribution >= 4 is 66.7 Å². The Morgan fingerprint density at radius 3 is 2.19 bits per heavy atom. The third kappa shape index (κ3) is 3.11. The van der Waals surface area contributed by atoms with Crippen LogP contribution in [0.3, 0.4) is 0 Å². The highest BCUT2D eigenvalue weighted by Gasteiger charge is 2.30. The molecule has 27 heavy (non-hydrogen) atoms. The monoisotopic (exact) mass is 481 g/mol. The summed E-state index contributed by atoms with van der Waals surface area (Å²) in [7, 11) is 0. The van der Waals surface area contributed by atoms with E-state index in [1.807, 2.05) is 43.3 Å². The molecule has 3 aromatic rings. The largest absolute Gasteiger partial charge is 0.289 e. The van der Waals surface area contributed by atoms with Gasteiger partial charge < -0.3 is 0 Å². The molecule has 132 valence electrons. The van der Waals surface area contributed by atoms with Gasteiger partial charge in [0, 0.05) is 32.9 Å². The quantitative estimate of drug-likeness (QED) is 0.325. The predicted molar refractivity (Wildman–Crippen MR) is 116 cm³/mol. The van der Waals surface area contributed by atoms with Crippen LogP contribution in [0.1, 0.15) is 43.0 Å². The molecular weight excluding hydrogens is 470 g/mol. The Morgan fingerprint density at radius 2 is 1.48 bits per heavy atom. The minimum absolute atomic E-state index is 0.106. The third-order valence-electron chi connectivity index (χ3n) is 4.74. The van der Waals surface area contributed by atoms with Crippen molar-refractivity contribution in [1.29, 1.82) is 0 Å². The number of rotatable bonds is 2. The molecule has 3 nitrogen and oxygen atoms in total. The van der Waals surface area contributed by atoms with Crippen LogP contribution in [0.5, 0.6) is 0 Å². The molecule has 0 fully saturated rings. The molecule has 0 spiro atoms. The van der Waals surface area contributed by atoms with Crippen molar-refractivity contribution in [3.05, 3.63) is 86.4 Å². The maximum Gasteiger partial charge on any atom is 0.194 e. The van der Waals surface area contributed by atoms with Crippen LogP contribution >= 0.6 is 32.1 Å². The lowest BCUT2D eigenvalue weighted by molar-refractivity contribution is 0.0979. The fraction of sp³-hybridized carbons (Fsp3) is 0.0455. The van der Waals surface area contributed by atoms with Gasteiger partial charge in [0.2, 0.25) is 0 Å². The molecular formula is C22H13Br2NO2. The Kier molecular flexibility index (Phi) is 4.66. The lowest BCUT2D eigenvalue weighted by Gasteiger charge is -2.20. The van der Waals surface area contributed by atoms with Gasteiger partial charge in [-0.2, -0.15) is 0 Å². The maximum atomic E-state index is 13.2. The van der Waals surface area contributed by atoms with E-state index < -0.39 is 0 Å². The number of hydrogen-bond donors (Lipinski definition) is 0. The van der Waals surface area contributed by atoms with Crippen molar-refractivity contribution in [3.63, 3.8) is 0 Å². The summed E-state index contributed by atoms with van der Waals surface area (Å²) in [6, 6.07) is 13.0. The summed E-state index contributed by atoms with van der Waals surface area (Å²) in [6.07, 6.45) is 5.24. The zero-order valence-electron chi connectivity index (χ0n) is 14.3. The van der Waals surface area contributed by atoms with E-state index in [9.17, 15) is 9.59 Å². The standard InChI is InChI=1S/C22H13Br2NO2/c1-12-7-17-18(9-13(12)3-2-6-25-24)22(27)20-11-15-8-16(23)5-4-14(15)10-19(20)21(17)26/h2-11H,1H3/b3-2-,25-6?. The molecule has 4 rings (SSSR count). The van der Waals surface area contributed by atoms with Crippen LogP contribution in [-0.4, -0.2) is 17.8 Å². The predicted octanol–water partition coefficient (Wildman–Crippen LogP) is 6.08. The molecule has 0 heterocycles. The number of aryl methyl sites for hydroxylation is 1. The number of halogens is 2.